The fraction of sp³-hybridized carbons (Fsp3) is 0.333. The molecule has 0 fully saturated rings. The first-order chi connectivity index (χ1) is 4.75. The first kappa shape index (κ1) is 9.82. The van der Waals surface area contributed by atoms with Gasteiger partial charge in [0.25, 0.3) is 0 Å². The minimum Gasteiger partial charge on any atom is -0.504 e. The second kappa shape index (κ2) is 3.86. The van der Waals surface area contributed by atoms with Crippen LogP contribution in [0.15, 0.2) is 18.2 Å². The Balaban J connectivity index is 0.000001000. The summed E-state index contributed by atoms with van der Waals surface area (Å²) < 4.78 is 4.88. The van der Waals surface area contributed by atoms with Crippen LogP contribution in [0.25, 0.3) is 0 Å². The summed E-state index contributed by atoms with van der Waals surface area (Å²) in [6, 6.07) is 5.40. The minimum atomic E-state index is 0. The molecule has 0 aliphatic heterocycles. The number of ether oxygens (including phenoxy) is 1. The van der Waals surface area contributed by atoms with Crippen LogP contribution in [0.2, 0.25) is 0 Å². The van der Waals surface area contributed by atoms with Crippen LogP contribution in [0.1, 0.15) is 13.0 Å². The molecule has 11 heavy (non-hydrogen) atoms. The number of methoxy groups -OCH3 is 1. The number of hydrogen-bond donors (Lipinski definition) is 1. The van der Waals surface area contributed by atoms with Crippen molar-refractivity contribution < 1.29 is 9.84 Å². The second-order valence-electron chi connectivity index (χ2n) is 2.13. The van der Waals surface area contributed by atoms with E-state index >= 15 is 0 Å². The zero-order valence-electron chi connectivity index (χ0n) is 6.09. The molecule has 0 heterocycles. The van der Waals surface area contributed by atoms with Crippen molar-refractivity contribution in [2.75, 3.05) is 7.11 Å². The van der Waals surface area contributed by atoms with Gasteiger partial charge in [-0.25, -0.2) is 0 Å². The van der Waals surface area contributed by atoms with Crippen LogP contribution in [-0.4, -0.2) is 12.2 Å². The lowest BCUT2D eigenvalue weighted by Gasteiger charge is -2.03. The van der Waals surface area contributed by atoms with E-state index in [1.807, 2.05) is 19.1 Å². The average molecular weight is 154 g/mol. The quantitative estimate of drug-likeness (QED) is 0.672. The van der Waals surface area contributed by atoms with Crippen LogP contribution in [0.5, 0.6) is 11.5 Å². The van der Waals surface area contributed by atoms with E-state index < -0.39 is 0 Å². The molecule has 2 heteroatoms. The fourth-order valence-electron chi connectivity index (χ4n) is 0.797. The van der Waals surface area contributed by atoms with Crippen molar-refractivity contribution in [1.82, 2.24) is 0 Å². The van der Waals surface area contributed by atoms with E-state index in [0.717, 1.165) is 5.56 Å². The van der Waals surface area contributed by atoms with Gasteiger partial charge in [-0.3, -0.25) is 0 Å². The van der Waals surface area contributed by atoms with Crippen molar-refractivity contribution in [3.8, 4) is 11.5 Å². The van der Waals surface area contributed by atoms with Gasteiger partial charge in [0.1, 0.15) is 0 Å². The summed E-state index contributed by atoms with van der Waals surface area (Å²) in [6.07, 6.45) is 0. The number of hydrogen-bond acceptors (Lipinski definition) is 2. The largest absolute Gasteiger partial charge is 0.504 e. The zero-order chi connectivity index (χ0) is 7.56. The van der Waals surface area contributed by atoms with Gasteiger partial charge in [-0.05, 0) is 18.6 Å². The predicted octanol–water partition coefficient (Wildman–Crippen LogP) is 2.35. The maximum absolute atomic E-state index is 9.27. The third-order valence-electron chi connectivity index (χ3n) is 1.42. The minimum absolute atomic E-state index is 0. The lowest BCUT2D eigenvalue weighted by atomic mass is 10.2. The van der Waals surface area contributed by atoms with Crippen molar-refractivity contribution in [3.63, 3.8) is 0 Å². The Morgan fingerprint density at radius 3 is 2.45 bits per heavy atom. The molecule has 0 atom stereocenters. The molecule has 0 amide bonds. The first-order valence-corrected chi connectivity index (χ1v) is 3.08. The summed E-state index contributed by atoms with van der Waals surface area (Å²) in [6.45, 7) is 1.83. The summed E-state index contributed by atoms with van der Waals surface area (Å²) in [7, 11) is 1.54. The monoisotopic (exact) mass is 154 g/mol. The van der Waals surface area contributed by atoms with Gasteiger partial charge in [-0.1, -0.05) is 19.6 Å². The lowest BCUT2D eigenvalue weighted by Crippen LogP contribution is -1.84. The summed E-state index contributed by atoms with van der Waals surface area (Å²) in [5.41, 5.74) is 0.833. The normalized spacial score (nSPS) is 8.55. The molecule has 1 rings (SSSR count). The van der Waals surface area contributed by atoms with Crippen LogP contribution < -0.4 is 4.74 Å². The maximum Gasteiger partial charge on any atom is 0.160 e. The third kappa shape index (κ3) is 1.87. The van der Waals surface area contributed by atoms with E-state index in [9.17, 15) is 5.11 Å². The van der Waals surface area contributed by atoms with Gasteiger partial charge in [0.05, 0.1) is 7.11 Å². The first-order valence-electron chi connectivity index (χ1n) is 3.08. The molecule has 1 N–H and O–H groups in total. The molecule has 0 aliphatic rings. The third-order valence-corrected chi connectivity index (χ3v) is 1.42. The van der Waals surface area contributed by atoms with Gasteiger partial charge in [0.2, 0.25) is 0 Å². The predicted molar refractivity (Wildman–Crippen MR) is 46.1 cm³/mol. The van der Waals surface area contributed by atoms with Crippen LogP contribution in [-0.2, 0) is 0 Å². The molecule has 2 nitrogen and oxygen atoms in total. The van der Waals surface area contributed by atoms with Gasteiger partial charge in [0, 0.05) is 0 Å². The number of para-hydroxylation sites is 1. The lowest BCUT2D eigenvalue weighted by molar-refractivity contribution is 0.372. The Morgan fingerprint density at radius 2 is 2.00 bits per heavy atom. The highest BCUT2D eigenvalue weighted by molar-refractivity contribution is 5.44. The number of benzene rings is 1. The molecule has 0 saturated heterocycles. The highest BCUT2D eigenvalue weighted by Gasteiger charge is 2.00. The molecule has 1 aromatic rings. The van der Waals surface area contributed by atoms with Gasteiger partial charge in [-0.15, -0.1) is 0 Å². The topological polar surface area (TPSA) is 29.5 Å². The Bertz CT molecular complexity index is 231. The highest BCUT2D eigenvalue weighted by Crippen LogP contribution is 2.27. The van der Waals surface area contributed by atoms with Gasteiger partial charge in [-0.2, -0.15) is 0 Å². The van der Waals surface area contributed by atoms with Crippen molar-refractivity contribution in [2.24, 2.45) is 0 Å². The van der Waals surface area contributed by atoms with E-state index in [0.29, 0.717) is 5.75 Å². The summed E-state index contributed by atoms with van der Waals surface area (Å²) >= 11 is 0. The molecule has 0 radical (unpaired) electrons. The van der Waals surface area contributed by atoms with Crippen LogP contribution >= 0.6 is 0 Å². The fourth-order valence-corrected chi connectivity index (χ4v) is 0.797. The summed E-state index contributed by atoms with van der Waals surface area (Å²) in [5.74, 6) is 0.755. The van der Waals surface area contributed by atoms with E-state index in [2.05, 4.69) is 0 Å². The second-order valence-corrected chi connectivity index (χ2v) is 2.13. The molecule has 0 unspecified atom stereocenters. The maximum atomic E-state index is 9.27. The van der Waals surface area contributed by atoms with Gasteiger partial charge < -0.3 is 9.84 Å². The van der Waals surface area contributed by atoms with E-state index in [4.69, 9.17) is 4.74 Å². The molecule has 0 saturated carbocycles. The number of aromatic hydroxyl groups is 1. The van der Waals surface area contributed by atoms with E-state index in [-0.39, 0.29) is 13.2 Å². The molecule has 0 aliphatic carbocycles. The van der Waals surface area contributed by atoms with Gasteiger partial charge in [0.15, 0.2) is 11.5 Å². The van der Waals surface area contributed by atoms with Crippen LogP contribution in [0, 0.1) is 6.92 Å². The van der Waals surface area contributed by atoms with Crippen LogP contribution in [0.4, 0.5) is 0 Å². The van der Waals surface area contributed by atoms with Gasteiger partial charge >= 0.3 is 0 Å². The number of aryl methyl sites for hydroxylation is 1. The molecular weight excluding hydrogens is 140 g/mol. The number of phenolic OH excluding ortho intramolecular Hbond substituents is 1. The molecule has 0 aromatic heterocycles. The summed E-state index contributed by atoms with van der Waals surface area (Å²) in [4.78, 5) is 0. The van der Waals surface area contributed by atoms with Crippen molar-refractivity contribution in [3.05, 3.63) is 23.8 Å². The Labute approximate surface area is 67.4 Å². The van der Waals surface area contributed by atoms with Crippen molar-refractivity contribution >= 4 is 0 Å². The molecule has 1 aromatic carbocycles. The smallest absolute Gasteiger partial charge is 0.160 e. The molecule has 62 valence electrons. The van der Waals surface area contributed by atoms with Crippen LogP contribution in [0.3, 0.4) is 0 Å². The molecule has 0 bridgehead atoms. The number of rotatable bonds is 1. The molecule has 0 spiro atoms. The van der Waals surface area contributed by atoms with E-state index in [1.54, 1.807) is 6.07 Å². The Morgan fingerprint density at radius 1 is 1.36 bits per heavy atom. The molecular formula is C9H14O2. The SMILES string of the molecule is C.COc1cccc(C)c1O. The van der Waals surface area contributed by atoms with E-state index in [1.165, 1.54) is 7.11 Å². The summed E-state index contributed by atoms with van der Waals surface area (Å²) in [5, 5.41) is 9.27. The number of phenols is 1. The van der Waals surface area contributed by atoms with Crippen molar-refractivity contribution in [2.45, 2.75) is 14.4 Å². The van der Waals surface area contributed by atoms with Crippen molar-refractivity contribution in [1.29, 1.82) is 0 Å². The zero-order valence-corrected chi connectivity index (χ0v) is 6.09. The Kier molecular flexibility index (Phi) is 3.45. The highest BCUT2D eigenvalue weighted by atomic mass is 16.5. The standard InChI is InChI=1S/C8H10O2.CH4/c1-6-4-3-5-7(10-2)8(6)9;/h3-5,9H,1-2H3;1H4. The Hall–Kier alpha value is -1.18. The average Bonchev–Trinajstić information content (AvgIpc) is 1.95.